The molecule has 0 atom stereocenters. The number of pyridine rings is 1. The number of carbonyl (C=O) groups excluding carboxylic acids is 2. The van der Waals surface area contributed by atoms with Gasteiger partial charge in [0.2, 0.25) is 0 Å². The molecule has 8 heteroatoms. The molecule has 0 radical (unpaired) electrons. The molecule has 2 heterocycles. The van der Waals surface area contributed by atoms with Crippen LogP contribution < -0.4 is 10.6 Å². The van der Waals surface area contributed by atoms with E-state index in [-0.39, 0.29) is 11.8 Å². The predicted molar refractivity (Wildman–Crippen MR) is 140 cm³/mol. The molecule has 0 bridgehead atoms. The number of nitrogens with one attached hydrogen (secondary N) is 2. The lowest BCUT2D eigenvalue weighted by Gasteiger charge is -2.10. The number of aromatic nitrogens is 2. The van der Waals surface area contributed by atoms with E-state index in [1.807, 2.05) is 65.4 Å². The van der Waals surface area contributed by atoms with E-state index in [2.05, 4.69) is 15.6 Å². The lowest BCUT2D eigenvalue weighted by atomic mass is 10.2. The molecule has 2 aromatic heterocycles. The molecule has 6 nitrogen and oxygen atoms in total. The predicted octanol–water partition coefficient (Wildman–Crippen LogP) is 6.84. The highest BCUT2D eigenvalue weighted by Crippen LogP contribution is 2.27. The second kappa shape index (κ2) is 9.62. The number of fused-ring (bicyclic) bond motifs is 1. The summed E-state index contributed by atoms with van der Waals surface area (Å²) in [4.78, 5) is 29.5. The highest BCUT2D eigenvalue weighted by atomic mass is 35.5. The van der Waals surface area contributed by atoms with Gasteiger partial charge in [0.15, 0.2) is 0 Å². The van der Waals surface area contributed by atoms with Crippen molar-refractivity contribution in [3.63, 3.8) is 0 Å². The molecule has 0 aliphatic heterocycles. The maximum Gasteiger partial charge on any atom is 0.256 e. The second-order valence-electron chi connectivity index (χ2n) is 7.73. The fourth-order valence-electron chi connectivity index (χ4n) is 3.71. The van der Waals surface area contributed by atoms with Gasteiger partial charge in [0.1, 0.15) is 5.82 Å². The minimum absolute atomic E-state index is 0.222. The van der Waals surface area contributed by atoms with E-state index in [9.17, 15) is 9.59 Å². The van der Waals surface area contributed by atoms with Crippen molar-refractivity contribution in [1.82, 2.24) is 9.55 Å². The number of hydrogen-bond acceptors (Lipinski definition) is 3. The first-order chi connectivity index (χ1) is 17.0. The van der Waals surface area contributed by atoms with Crippen LogP contribution in [0.2, 0.25) is 10.0 Å². The highest BCUT2D eigenvalue weighted by molar-refractivity contribution is 6.42. The Labute approximate surface area is 211 Å². The van der Waals surface area contributed by atoms with Gasteiger partial charge in [-0.1, -0.05) is 41.4 Å². The average molecular weight is 501 g/mol. The summed E-state index contributed by atoms with van der Waals surface area (Å²) >= 11 is 11.9. The lowest BCUT2D eigenvalue weighted by Crippen LogP contribution is -2.13. The molecule has 0 saturated carbocycles. The van der Waals surface area contributed by atoms with Gasteiger partial charge in [-0.3, -0.25) is 9.59 Å². The van der Waals surface area contributed by atoms with Crippen LogP contribution in [0.15, 0.2) is 97.3 Å². The number of nitrogens with zero attached hydrogens (tertiary/aromatic N) is 2. The average Bonchev–Trinajstić information content (AvgIpc) is 3.32. The molecule has 3 aromatic carbocycles. The first-order valence-electron chi connectivity index (χ1n) is 10.7. The molecule has 172 valence electrons. The Kier molecular flexibility index (Phi) is 6.23. The van der Waals surface area contributed by atoms with E-state index in [0.717, 1.165) is 16.6 Å². The van der Waals surface area contributed by atoms with Gasteiger partial charge in [0.05, 0.1) is 15.6 Å². The van der Waals surface area contributed by atoms with Crippen LogP contribution in [0.4, 0.5) is 11.5 Å². The quantitative estimate of drug-likeness (QED) is 0.277. The monoisotopic (exact) mass is 500 g/mol. The molecule has 0 aliphatic carbocycles. The summed E-state index contributed by atoms with van der Waals surface area (Å²) < 4.78 is 1.99. The topological polar surface area (TPSA) is 76.0 Å². The Morgan fingerprint density at radius 3 is 2.23 bits per heavy atom. The first-order valence-corrected chi connectivity index (χ1v) is 11.4. The van der Waals surface area contributed by atoms with E-state index in [1.165, 1.54) is 6.07 Å². The summed E-state index contributed by atoms with van der Waals surface area (Å²) in [5.74, 6) is -0.0198. The largest absolute Gasteiger partial charge is 0.322 e. The zero-order valence-electron chi connectivity index (χ0n) is 18.2. The van der Waals surface area contributed by atoms with Crippen molar-refractivity contribution in [3.05, 3.63) is 118 Å². The van der Waals surface area contributed by atoms with Crippen molar-refractivity contribution in [2.45, 2.75) is 0 Å². The van der Waals surface area contributed by atoms with Gasteiger partial charge < -0.3 is 15.2 Å². The van der Waals surface area contributed by atoms with Crippen molar-refractivity contribution >= 4 is 57.4 Å². The number of benzene rings is 3. The van der Waals surface area contributed by atoms with Crippen LogP contribution in [0, 0.1) is 0 Å². The number of halogens is 2. The molecule has 5 rings (SSSR count). The first kappa shape index (κ1) is 22.7. The molecular formula is C27H18Cl2N4O2. The smallest absolute Gasteiger partial charge is 0.256 e. The van der Waals surface area contributed by atoms with Crippen LogP contribution in [0.25, 0.3) is 16.6 Å². The normalized spacial score (nSPS) is 10.8. The van der Waals surface area contributed by atoms with Crippen molar-refractivity contribution in [3.8, 4) is 5.69 Å². The third kappa shape index (κ3) is 4.75. The Morgan fingerprint density at radius 2 is 1.49 bits per heavy atom. The molecule has 2 amide bonds. The fraction of sp³-hybridized carbons (Fsp3) is 0. The zero-order chi connectivity index (χ0) is 24.4. The number of amides is 2. The lowest BCUT2D eigenvalue weighted by molar-refractivity contribution is 0.101. The molecular weight excluding hydrogens is 483 g/mol. The molecule has 0 aliphatic rings. The standard InChI is InChI=1S/C27H18Cl2N4O2/c28-22-11-6-18(16-23(22)29)27(35)31-19-7-9-20(10-8-19)33-15-13-21-24(33)12-14-30-25(21)32-26(34)17-4-2-1-3-5-17/h1-16H,(H,31,35)(H,30,32,34). The van der Waals surface area contributed by atoms with Crippen molar-refractivity contribution in [1.29, 1.82) is 0 Å². The van der Waals surface area contributed by atoms with Crippen molar-refractivity contribution in [2.24, 2.45) is 0 Å². The van der Waals surface area contributed by atoms with Crippen molar-refractivity contribution < 1.29 is 9.59 Å². The van der Waals surface area contributed by atoms with Gasteiger partial charge in [-0.05, 0) is 66.7 Å². The number of anilines is 2. The van der Waals surface area contributed by atoms with Gasteiger partial charge in [-0.25, -0.2) is 4.98 Å². The van der Waals surface area contributed by atoms with Gasteiger partial charge >= 0.3 is 0 Å². The Hall–Kier alpha value is -4.13. The fourth-order valence-corrected chi connectivity index (χ4v) is 4.00. The molecule has 35 heavy (non-hydrogen) atoms. The summed E-state index contributed by atoms with van der Waals surface area (Å²) in [7, 11) is 0. The summed E-state index contributed by atoms with van der Waals surface area (Å²) in [6.45, 7) is 0. The third-order valence-corrected chi connectivity index (χ3v) is 6.21. The molecule has 0 fully saturated rings. The molecule has 0 saturated heterocycles. The molecule has 0 unspecified atom stereocenters. The second-order valence-corrected chi connectivity index (χ2v) is 8.54. The van der Waals surface area contributed by atoms with E-state index >= 15 is 0 Å². The minimum Gasteiger partial charge on any atom is -0.322 e. The van der Waals surface area contributed by atoms with Crippen LogP contribution in [-0.2, 0) is 0 Å². The molecule has 5 aromatic rings. The number of rotatable bonds is 5. The number of hydrogen-bond donors (Lipinski definition) is 2. The SMILES string of the molecule is O=C(Nc1ccc(-n2ccc3c(NC(=O)c4ccccc4)nccc32)cc1)c1ccc(Cl)c(Cl)c1. The summed E-state index contributed by atoms with van der Waals surface area (Å²) in [6, 6.07) is 24.9. The van der Waals surface area contributed by atoms with E-state index < -0.39 is 0 Å². The van der Waals surface area contributed by atoms with Crippen LogP contribution >= 0.6 is 23.2 Å². The Bertz CT molecular complexity index is 1550. The molecule has 0 spiro atoms. The van der Waals surface area contributed by atoms with Gasteiger partial charge in [0.25, 0.3) is 11.8 Å². The number of carbonyl (C=O) groups is 2. The molecule has 2 N–H and O–H groups in total. The maximum absolute atomic E-state index is 12.6. The summed E-state index contributed by atoms with van der Waals surface area (Å²) in [5.41, 5.74) is 3.38. The van der Waals surface area contributed by atoms with Gasteiger partial charge in [-0.2, -0.15) is 0 Å². The summed E-state index contributed by atoms with van der Waals surface area (Å²) in [6.07, 6.45) is 3.57. The summed E-state index contributed by atoms with van der Waals surface area (Å²) in [5, 5.41) is 7.27. The highest BCUT2D eigenvalue weighted by Gasteiger charge is 2.13. The van der Waals surface area contributed by atoms with E-state index in [1.54, 1.807) is 30.5 Å². The van der Waals surface area contributed by atoms with Crippen LogP contribution in [0.3, 0.4) is 0 Å². The van der Waals surface area contributed by atoms with Gasteiger partial charge in [-0.15, -0.1) is 0 Å². The van der Waals surface area contributed by atoms with Crippen LogP contribution in [0.5, 0.6) is 0 Å². The van der Waals surface area contributed by atoms with E-state index in [0.29, 0.717) is 32.7 Å². The Balaban J connectivity index is 1.36. The third-order valence-electron chi connectivity index (χ3n) is 5.47. The maximum atomic E-state index is 12.6. The van der Waals surface area contributed by atoms with Crippen molar-refractivity contribution in [2.75, 3.05) is 10.6 Å². The minimum atomic E-state index is -0.285. The van der Waals surface area contributed by atoms with Gasteiger partial charge in [0, 0.05) is 40.3 Å². The zero-order valence-corrected chi connectivity index (χ0v) is 19.7. The van der Waals surface area contributed by atoms with Crippen LogP contribution in [-0.4, -0.2) is 21.4 Å². The van der Waals surface area contributed by atoms with Crippen LogP contribution in [0.1, 0.15) is 20.7 Å². The van der Waals surface area contributed by atoms with E-state index in [4.69, 9.17) is 23.2 Å². The Morgan fingerprint density at radius 1 is 0.743 bits per heavy atom.